The molecular formula is C30H49N7O8S2. The van der Waals surface area contributed by atoms with Crippen molar-refractivity contribution >= 4 is 51.3 Å². The zero-order valence-electron chi connectivity index (χ0n) is 26.9. The van der Waals surface area contributed by atoms with E-state index in [0.717, 1.165) is 11.4 Å². The van der Waals surface area contributed by atoms with Crippen LogP contribution in [0.4, 0.5) is 0 Å². The van der Waals surface area contributed by atoms with Crippen LogP contribution in [-0.4, -0.2) is 167 Å². The molecule has 1 aliphatic rings. The van der Waals surface area contributed by atoms with Gasteiger partial charge in [0.25, 0.3) is 0 Å². The fraction of sp³-hybridized carbons (Fsp3) is 0.667. The summed E-state index contributed by atoms with van der Waals surface area (Å²) in [6.45, 7) is 4.63. The molecule has 2 rings (SSSR count). The van der Waals surface area contributed by atoms with Gasteiger partial charge in [0.15, 0.2) is 0 Å². The minimum Gasteiger partial charge on any atom is -0.480 e. The van der Waals surface area contributed by atoms with Gasteiger partial charge in [0, 0.05) is 90.2 Å². The number of aliphatic carboxylic acids is 3. The lowest BCUT2D eigenvalue weighted by Crippen LogP contribution is -2.48. The quantitative estimate of drug-likeness (QED) is 0.0931. The van der Waals surface area contributed by atoms with Gasteiger partial charge in [0.05, 0.1) is 19.6 Å². The van der Waals surface area contributed by atoms with Crippen LogP contribution in [0.15, 0.2) is 29.4 Å². The van der Waals surface area contributed by atoms with E-state index in [1.807, 2.05) is 18.2 Å². The van der Waals surface area contributed by atoms with Gasteiger partial charge in [-0.25, -0.2) is 4.98 Å². The molecule has 0 bridgehead atoms. The van der Waals surface area contributed by atoms with Gasteiger partial charge in [0.1, 0.15) is 5.03 Å². The molecule has 0 spiro atoms. The Kier molecular flexibility index (Phi) is 20.7. The molecule has 1 aliphatic heterocycles. The van der Waals surface area contributed by atoms with Crippen molar-refractivity contribution in [2.24, 2.45) is 0 Å². The van der Waals surface area contributed by atoms with Crippen LogP contribution >= 0.6 is 21.6 Å². The Morgan fingerprint density at radius 2 is 1.15 bits per heavy atom. The summed E-state index contributed by atoms with van der Waals surface area (Å²) >= 11 is 0. The molecule has 1 aromatic rings. The number of hydrogen-bond acceptors (Lipinski definition) is 12. The van der Waals surface area contributed by atoms with Gasteiger partial charge in [-0.05, 0) is 48.7 Å². The molecule has 264 valence electrons. The maximum Gasteiger partial charge on any atom is 0.317 e. The lowest BCUT2D eigenvalue weighted by molar-refractivity contribution is -0.140. The summed E-state index contributed by atoms with van der Waals surface area (Å²) < 4.78 is 0. The second-order valence-corrected chi connectivity index (χ2v) is 13.6. The Hall–Kier alpha value is -2.96. The van der Waals surface area contributed by atoms with Crippen LogP contribution in [0, 0.1) is 0 Å². The van der Waals surface area contributed by atoms with Gasteiger partial charge >= 0.3 is 17.9 Å². The smallest absolute Gasteiger partial charge is 0.317 e. The van der Waals surface area contributed by atoms with Crippen molar-refractivity contribution in [2.75, 3.05) is 97.4 Å². The second kappa shape index (κ2) is 24.2. The minimum absolute atomic E-state index is 0.0236. The molecule has 5 N–H and O–H groups in total. The fourth-order valence-corrected chi connectivity index (χ4v) is 6.69. The lowest BCUT2D eigenvalue weighted by Gasteiger charge is -2.33. The molecular weight excluding hydrogens is 651 g/mol. The Balaban J connectivity index is 1.68. The number of carbonyl (C=O) groups is 5. The molecule has 0 saturated carbocycles. The molecule has 0 aromatic carbocycles. The highest BCUT2D eigenvalue weighted by Gasteiger charge is 2.20. The van der Waals surface area contributed by atoms with Crippen molar-refractivity contribution in [1.29, 1.82) is 0 Å². The first kappa shape index (κ1) is 40.2. The number of nitrogens with one attached hydrogen (secondary N) is 2. The first-order chi connectivity index (χ1) is 22.6. The number of pyridine rings is 1. The molecule has 1 fully saturated rings. The normalized spacial score (nSPS) is 16.1. The van der Waals surface area contributed by atoms with E-state index < -0.39 is 17.9 Å². The first-order valence-electron chi connectivity index (χ1n) is 15.9. The number of amides is 2. The molecule has 0 aliphatic carbocycles. The third kappa shape index (κ3) is 20.8. The van der Waals surface area contributed by atoms with Gasteiger partial charge in [-0.15, -0.1) is 0 Å². The second-order valence-electron chi connectivity index (χ2n) is 11.2. The topological polar surface area (TPSA) is 196 Å². The van der Waals surface area contributed by atoms with E-state index in [1.165, 1.54) is 10.8 Å². The highest BCUT2D eigenvalue weighted by Crippen LogP contribution is 2.29. The maximum atomic E-state index is 12.3. The first-order valence-corrected chi connectivity index (χ1v) is 18.2. The van der Waals surface area contributed by atoms with Crippen molar-refractivity contribution in [1.82, 2.24) is 35.2 Å². The van der Waals surface area contributed by atoms with Gasteiger partial charge in [-0.3, -0.25) is 38.7 Å². The molecule has 0 atom stereocenters. The summed E-state index contributed by atoms with van der Waals surface area (Å²) in [6, 6.07) is 5.70. The molecule has 2 heterocycles. The van der Waals surface area contributed by atoms with E-state index in [-0.39, 0.29) is 31.4 Å². The van der Waals surface area contributed by atoms with Crippen molar-refractivity contribution in [3.05, 3.63) is 24.4 Å². The monoisotopic (exact) mass is 699 g/mol. The number of carboxylic acids is 3. The molecule has 1 aromatic heterocycles. The highest BCUT2D eigenvalue weighted by atomic mass is 33.1. The van der Waals surface area contributed by atoms with Gasteiger partial charge < -0.3 is 30.9 Å². The molecule has 1 saturated heterocycles. The predicted molar refractivity (Wildman–Crippen MR) is 180 cm³/mol. The minimum atomic E-state index is -0.992. The van der Waals surface area contributed by atoms with Crippen LogP contribution in [0.5, 0.6) is 0 Å². The van der Waals surface area contributed by atoms with E-state index in [0.29, 0.717) is 103 Å². The van der Waals surface area contributed by atoms with E-state index in [9.17, 15) is 39.3 Å². The van der Waals surface area contributed by atoms with Crippen LogP contribution in [-0.2, 0) is 24.0 Å². The number of carbonyl (C=O) groups excluding carboxylic acids is 2. The Morgan fingerprint density at radius 1 is 0.660 bits per heavy atom. The third-order valence-electron chi connectivity index (χ3n) is 7.33. The van der Waals surface area contributed by atoms with E-state index in [1.54, 1.807) is 31.7 Å². The predicted octanol–water partition coefficient (Wildman–Crippen LogP) is 0.480. The summed E-state index contributed by atoms with van der Waals surface area (Å²) in [5, 5.41) is 34.7. The SMILES string of the molecule is O=C(O)CN1CCN(CCCCC(=O)NCCCNC(=O)CCSSc2ccccn2)CCN(CC(=O)O)CCN(CC(=O)O)CC1. The van der Waals surface area contributed by atoms with Crippen LogP contribution in [0.1, 0.15) is 32.1 Å². The summed E-state index contributed by atoms with van der Waals surface area (Å²) in [4.78, 5) is 70.3. The number of rotatable bonds is 20. The van der Waals surface area contributed by atoms with E-state index in [4.69, 9.17) is 0 Å². The summed E-state index contributed by atoms with van der Waals surface area (Å²) in [5.41, 5.74) is 0. The number of aromatic nitrogens is 1. The van der Waals surface area contributed by atoms with Crippen molar-refractivity contribution in [3.8, 4) is 0 Å². The number of hydrogen-bond donors (Lipinski definition) is 5. The van der Waals surface area contributed by atoms with Crippen LogP contribution in [0.3, 0.4) is 0 Å². The number of nitrogens with zero attached hydrogens (tertiary/aromatic N) is 5. The fourth-order valence-electron chi connectivity index (χ4n) is 4.82. The van der Waals surface area contributed by atoms with E-state index >= 15 is 0 Å². The summed E-state index contributed by atoms with van der Waals surface area (Å²) in [5.74, 6) is -2.31. The van der Waals surface area contributed by atoms with Crippen LogP contribution < -0.4 is 10.6 Å². The number of unbranched alkanes of at least 4 members (excludes halogenated alkanes) is 1. The molecule has 15 nitrogen and oxygen atoms in total. The standard InChI is InChI=1S/C30H49N7O8S2/c38-25(31-10-5-11-32-26(39)8-21-46-47-27-7-1-3-9-33-27)6-2-4-12-34-13-15-35(22-28(40)41)17-19-37(24-30(44)45)20-18-36(16-14-34)23-29(42)43/h1,3,7,9H,2,4-6,8,10-24H2,(H,31,38)(H,32,39)(H,40,41)(H,42,43)(H,44,45). The van der Waals surface area contributed by atoms with Crippen molar-refractivity contribution < 1.29 is 39.3 Å². The Morgan fingerprint density at radius 3 is 1.62 bits per heavy atom. The zero-order valence-corrected chi connectivity index (χ0v) is 28.5. The summed E-state index contributed by atoms with van der Waals surface area (Å²) in [7, 11) is 3.12. The molecule has 2 amide bonds. The van der Waals surface area contributed by atoms with E-state index in [2.05, 4.69) is 20.5 Å². The average molecular weight is 700 g/mol. The molecule has 0 unspecified atom stereocenters. The summed E-state index contributed by atoms with van der Waals surface area (Å²) in [6.07, 6.45) is 4.54. The van der Waals surface area contributed by atoms with Gasteiger partial charge in [-0.2, -0.15) is 0 Å². The average Bonchev–Trinajstić information content (AvgIpc) is 3.01. The van der Waals surface area contributed by atoms with Crippen molar-refractivity contribution in [2.45, 2.75) is 37.1 Å². The maximum absolute atomic E-state index is 12.3. The molecule has 0 radical (unpaired) electrons. The Labute approximate surface area is 284 Å². The Bertz CT molecular complexity index is 1070. The highest BCUT2D eigenvalue weighted by molar-refractivity contribution is 8.76. The molecule has 47 heavy (non-hydrogen) atoms. The lowest BCUT2D eigenvalue weighted by atomic mass is 10.2. The molecule has 17 heteroatoms. The van der Waals surface area contributed by atoms with Crippen LogP contribution in [0.2, 0.25) is 0 Å². The largest absolute Gasteiger partial charge is 0.480 e. The van der Waals surface area contributed by atoms with Crippen LogP contribution in [0.25, 0.3) is 0 Å². The van der Waals surface area contributed by atoms with Crippen molar-refractivity contribution in [3.63, 3.8) is 0 Å². The third-order valence-corrected chi connectivity index (χ3v) is 9.59. The number of carboxylic acid groups (broad SMARTS) is 3. The zero-order chi connectivity index (χ0) is 34.3. The van der Waals surface area contributed by atoms with Gasteiger partial charge in [0.2, 0.25) is 11.8 Å². The van der Waals surface area contributed by atoms with Gasteiger partial charge in [-0.1, -0.05) is 16.9 Å².